The Kier molecular flexibility index (Phi) is 7.91. The molecule has 7 nitrogen and oxygen atoms in total. The first kappa shape index (κ1) is 27.4. The minimum atomic E-state index is -4.95. The van der Waals surface area contributed by atoms with Gasteiger partial charge >= 0.3 is 12.1 Å². The molecule has 0 atom stereocenters. The van der Waals surface area contributed by atoms with Gasteiger partial charge in [0.1, 0.15) is 11.5 Å². The summed E-state index contributed by atoms with van der Waals surface area (Å²) in [4.78, 5) is 28.4. The number of nitrogens with one attached hydrogen (secondary N) is 1. The average Bonchev–Trinajstić information content (AvgIpc) is 2.78. The number of ketones is 1. The third kappa shape index (κ3) is 5.77. The van der Waals surface area contributed by atoms with Crippen LogP contribution in [0.1, 0.15) is 38.9 Å². The molecule has 0 radical (unpaired) electrons. The van der Waals surface area contributed by atoms with E-state index >= 15 is 0 Å². The molecule has 190 valence electrons. The van der Waals surface area contributed by atoms with Gasteiger partial charge in [-0.05, 0) is 43.3 Å². The molecule has 1 aromatic heterocycles. The summed E-state index contributed by atoms with van der Waals surface area (Å²) < 4.78 is 86.8. The van der Waals surface area contributed by atoms with E-state index in [-0.39, 0.29) is 11.6 Å². The van der Waals surface area contributed by atoms with Gasteiger partial charge in [-0.15, -0.1) is 0 Å². The zero-order valence-electron chi connectivity index (χ0n) is 18.0. The van der Waals surface area contributed by atoms with E-state index in [1.807, 2.05) is 4.72 Å². The maximum atomic E-state index is 14.7. The molecular weight excluding hydrogens is 551 g/mol. The van der Waals surface area contributed by atoms with Crippen LogP contribution in [0.2, 0.25) is 10.0 Å². The van der Waals surface area contributed by atoms with Gasteiger partial charge in [0, 0.05) is 6.20 Å². The van der Waals surface area contributed by atoms with E-state index in [9.17, 15) is 35.6 Å². The molecule has 3 rings (SSSR count). The van der Waals surface area contributed by atoms with E-state index in [0.717, 1.165) is 42.6 Å². The lowest BCUT2D eigenvalue weighted by molar-refractivity contribution is -0.137. The standard InChI is InChI=1S/C22H14Cl2F4N2O5S/c1-2-35-21(32)13-4-3-5-16(25)18(13)20(31)19-17(8-11(23)10-29-19)30-36(33,34)12-6-7-15(24)14(9-12)22(26,27)28/h3-10,30H,2H2,1H3. The summed E-state index contributed by atoms with van der Waals surface area (Å²) in [5.74, 6) is -3.35. The minimum Gasteiger partial charge on any atom is -0.462 e. The summed E-state index contributed by atoms with van der Waals surface area (Å²) in [5.41, 5.74) is -3.85. The van der Waals surface area contributed by atoms with Gasteiger partial charge in [-0.25, -0.2) is 22.6 Å². The van der Waals surface area contributed by atoms with Crippen molar-refractivity contribution in [2.24, 2.45) is 0 Å². The van der Waals surface area contributed by atoms with Crippen molar-refractivity contribution < 1.29 is 40.3 Å². The fraction of sp³-hybridized carbons (Fsp3) is 0.136. The van der Waals surface area contributed by atoms with Crippen LogP contribution in [0.4, 0.5) is 23.2 Å². The van der Waals surface area contributed by atoms with Gasteiger partial charge < -0.3 is 4.74 Å². The molecule has 14 heteroatoms. The summed E-state index contributed by atoms with van der Waals surface area (Å²) in [6.45, 7) is 1.42. The van der Waals surface area contributed by atoms with Crippen LogP contribution in [0.5, 0.6) is 0 Å². The second-order valence-electron chi connectivity index (χ2n) is 7.01. The van der Waals surface area contributed by atoms with Crippen molar-refractivity contribution in [2.75, 3.05) is 11.3 Å². The fourth-order valence-electron chi connectivity index (χ4n) is 3.04. The highest BCUT2D eigenvalue weighted by Crippen LogP contribution is 2.36. The number of anilines is 1. The van der Waals surface area contributed by atoms with Crippen molar-refractivity contribution in [3.8, 4) is 0 Å². The van der Waals surface area contributed by atoms with Crippen LogP contribution in [0.25, 0.3) is 0 Å². The topological polar surface area (TPSA) is 102 Å². The predicted octanol–water partition coefficient (Wildman–Crippen LogP) is 5.75. The van der Waals surface area contributed by atoms with E-state index in [4.69, 9.17) is 27.9 Å². The van der Waals surface area contributed by atoms with Crippen LogP contribution in [0.15, 0.2) is 53.6 Å². The highest BCUT2D eigenvalue weighted by atomic mass is 35.5. The molecule has 0 aliphatic rings. The Labute approximate surface area is 212 Å². The van der Waals surface area contributed by atoms with Gasteiger partial charge in [0.05, 0.1) is 43.9 Å². The van der Waals surface area contributed by atoms with Gasteiger partial charge in [0.25, 0.3) is 10.0 Å². The molecular formula is C22H14Cl2F4N2O5S. The zero-order valence-corrected chi connectivity index (χ0v) is 20.3. The Morgan fingerprint density at radius 1 is 1.11 bits per heavy atom. The lowest BCUT2D eigenvalue weighted by atomic mass is 10.00. The number of carbonyl (C=O) groups is 2. The van der Waals surface area contributed by atoms with Gasteiger partial charge in [-0.2, -0.15) is 13.2 Å². The number of benzene rings is 2. The third-order valence-corrected chi connectivity index (χ3v) is 6.50. The molecule has 0 bridgehead atoms. The quantitative estimate of drug-likeness (QED) is 0.222. The monoisotopic (exact) mass is 564 g/mol. The first-order chi connectivity index (χ1) is 16.8. The Bertz CT molecular complexity index is 1460. The van der Waals surface area contributed by atoms with Crippen LogP contribution in [-0.2, 0) is 20.9 Å². The predicted molar refractivity (Wildman–Crippen MR) is 122 cm³/mol. The summed E-state index contributed by atoms with van der Waals surface area (Å²) >= 11 is 11.4. The SMILES string of the molecule is CCOC(=O)c1cccc(F)c1C(=O)c1ncc(Cl)cc1NS(=O)(=O)c1ccc(Cl)c(C(F)(F)F)c1. The third-order valence-electron chi connectivity index (χ3n) is 4.60. The van der Waals surface area contributed by atoms with Crippen LogP contribution < -0.4 is 4.72 Å². The molecule has 0 aliphatic heterocycles. The van der Waals surface area contributed by atoms with Crippen LogP contribution in [-0.4, -0.2) is 31.8 Å². The molecule has 0 saturated carbocycles. The smallest absolute Gasteiger partial charge is 0.417 e. The van der Waals surface area contributed by atoms with Crippen molar-refractivity contribution in [1.82, 2.24) is 4.98 Å². The molecule has 0 fully saturated rings. The van der Waals surface area contributed by atoms with Gasteiger partial charge in [0.2, 0.25) is 5.78 Å². The second kappa shape index (κ2) is 10.4. The first-order valence-corrected chi connectivity index (χ1v) is 12.1. The van der Waals surface area contributed by atoms with E-state index in [1.165, 1.54) is 6.92 Å². The van der Waals surface area contributed by atoms with Crippen LogP contribution in [0, 0.1) is 5.82 Å². The van der Waals surface area contributed by atoms with Gasteiger partial charge in [-0.3, -0.25) is 9.52 Å². The average molecular weight is 565 g/mol. The number of alkyl halides is 3. The maximum absolute atomic E-state index is 14.7. The number of rotatable bonds is 7. The van der Waals surface area contributed by atoms with Crippen molar-refractivity contribution >= 4 is 50.7 Å². The summed E-state index contributed by atoms with van der Waals surface area (Å²) in [6.07, 6.45) is -3.99. The highest BCUT2D eigenvalue weighted by Gasteiger charge is 2.35. The fourth-order valence-corrected chi connectivity index (χ4v) is 4.51. The van der Waals surface area contributed by atoms with Gasteiger partial charge in [-0.1, -0.05) is 29.3 Å². The Morgan fingerprint density at radius 2 is 1.81 bits per heavy atom. The Morgan fingerprint density at radius 3 is 2.44 bits per heavy atom. The highest BCUT2D eigenvalue weighted by molar-refractivity contribution is 7.92. The van der Waals surface area contributed by atoms with Crippen LogP contribution in [0.3, 0.4) is 0 Å². The van der Waals surface area contributed by atoms with Crippen molar-refractivity contribution in [1.29, 1.82) is 0 Å². The van der Waals surface area contributed by atoms with E-state index in [1.54, 1.807) is 0 Å². The number of sulfonamides is 1. The molecule has 0 spiro atoms. The normalized spacial score (nSPS) is 11.8. The summed E-state index contributed by atoms with van der Waals surface area (Å²) in [6, 6.07) is 5.99. The van der Waals surface area contributed by atoms with Crippen molar-refractivity contribution in [3.63, 3.8) is 0 Å². The number of ether oxygens (including phenoxy) is 1. The molecule has 0 unspecified atom stereocenters. The number of pyridine rings is 1. The number of halogens is 6. The summed E-state index contributed by atoms with van der Waals surface area (Å²) in [7, 11) is -4.76. The van der Waals surface area contributed by atoms with Crippen molar-refractivity contribution in [2.45, 2.75) is 18.0 Å². The number of esters is 1. The van der Waals surface area contributed by atoms with E-state index in [2.05, 4.69) is 4.98 Å². The number of aromatic nitrogens is 1. The molecule has 1 N–H and O–H groups in total. The molecule has 36 heavy (non-hydrogen) atoms. The van der Waals surface area contributed by atoms with E-state index in [0.29, 0.717) is 6.07 Å². The molecule has 0 saturated heterocycles. The largest absolute Gasteiger partial charge is 0.462 e. The lowest BCUT2D eigenvalue weighted by Gasteiger charge is -2.15. The maximum Gasteiger partial charge on any atom is 0.417 e. The molecule has 3 aromatic rings. The number of carbonyl (C=O) groups excluding carboxylic acids is 2. The van der Waals surface area contributed by atoms with Gasteiger partial charge in [0.15, 0.2) is 0 Å². The van der Waals surface area contributed by atoms with Crippen LogP contribution >= 0.6 is 23.2 Å². The summed E-state index contributed by atoms with van der Waals surface area (Å²) in [5, 5.41) is -0.886. The number of hydrogen-bond donors (Lipinski definition) is 1. The Balaban J connectivity index is 2.11. The molecule has 0 aliphatic carbocycles. The number of hydrogen-bond acceptors (Lipinski definition) is 6. The lowest BCUT2D eigenvalue weighted by Crippen LogP contribution is -2.20. The van der Waals surface area contributed by atoms with E-state index < -0.39 is 71.8 Å². The number of nitrogens with zero attached hydrogens (tertiary/aromatic N) is 1. The molecule has 2 aromatic carbocycles. The first-order valence-electron chi connectivity index (χ1n) is 9.81. The van der Waals surface area contributed by atoms with Crippen molar-refractivity contribution in [3.05, 3.63) is 86.9 Å². The minimum absolute atomic E-state index is 0.0752. The second-order valence-corrected chi connectivity index (χ2v) is 9.53. The Hall–Kier alpha value is -3.22. The zero-order chi connectivity index (χ0) is 26.8. The molecule has 1 heterocycles. The molecule has 0 amide bonds.